The van der Waals surface area contributed by atoms with E-state index in [1.807, 2.05) is 19.1 Å². The summed E-state index contributed by atoms with van der Waals surface area (Å²) < 4.78 is 0. The molecular formula is C8H11NO. The molecule has 0 rings (SSSR count). The van der Waals surface area contributed by atoms with Crippen molar-refractivity contribution in [2.24, 2.45) is 0 Å². The average Bonchev–Trinajstić information content (AvgIpc) is 1.98. The number of hydrogen-bond acceptors (Lipinski definition) is 1. The van der Waals surface area contributed by atoms with E-state index in [2.05, 4.69) is 11.9 Å². The molecule has 2 nitrogen and oxygen atoms in total. The third kappa shape index (κ3) is 4.84. The fraction of sp³-hybridized carbons (Fsp3) is 0.125. The number of carbonyl (C=O) groups excluding carboxylic acids is 1. The molecule has 1 N–H and O–H groups in total. The highest BCUT2D eigenvalue weighted by Crippen LogP contribution is 1.73. The van der Waals surface area contributed by atoms with Gasteiger partial charge < -0.3 is 5.32 Å². The fourth-order valence-electron chi connectivity index (χ4n) is 0.356. The summed E-state index contributed by atoms with van der Waals surface area (Å²) in [6.07, 6.45) is 8.21. The first-order chi connectivity index (χ1) is 4.81. The second-order valence-corrected chi connectivity index (χ2v) is 1.60. The Morgan fingerprint density at radius 1 is 1.50 bits per heavy atom. The van der Waals surface area contributed by atoms with E-state index < -0.39 is 0 Å². The van der Waals surface area contributed by atoms with Crippen LogP contribution in [0.25, 0.3) is 0 Å². The molecule has 0 unspecified atom stereocenters. The molecule has 0 aromatic rings. The molecule has 1 amide bonds. The number of hydrogen-bond donors (Lipinski definition) is 1. The molecule has 0 saturated carbocycles. The number of amides is 1. The van der Waals surface area contributed by atoms with Crippen LogP contribution in [0.2, 0.25) is 0 Å². The maximum absolute atomic E-state index is 10.5. The summed E-state index contributed by atoms with van der Waals surface area (Å²) in [5.41, 5.74) is 0. The molecule has 0 saturated heterocycles. The minimum Gasteiger partial charge on any atom is -0.329 e. The second kappa shape index (κ2) is 5.82. The summed E-state index contributed by atoms with van der Waals surface area (Å²) in [5.74, 6) is -0.194. The largest absolute Gasteiger partial charge is 0.329 e. The van der Waals surface area contributed by atoms with Gasteiger partial charge in [-0.1, -0.05) is 18.7 Å². The monoisotopic (exact) mass is 137 g/mol. The number of rotatable bonds is 3. The summed E-state index contributed by atoms with van der Waals surface area (Å²) in [5, 5.41) is 2.48. The van der Waals surface area contributed by atoms with Crippen molar-refractivity contribution in [2.75, 3.05) is 0 Å². The molecule has 0 fully saturated rings. The van der Waals surface area contributed by atoms with Gasteiger partial charge in [-0.3, -0.25) is 4.79 Å². The van der Waals surface area contributed by atoms with Gasteiger partial charge in [-0.15, -0.1) is 0 Å². The maximum Gasteiger partial charge on any atom is 0.247 e. The highest BCUT2D eigenvalue weighted by Gasteiger charge is 1.82. The summed E-state index contributed by atoms with van der Waals surface area (Å²) in [6, 6.07) is 0. The molecule has 0 heterocycles. The van der Waals surface area contributed by atoms with E-state index in [-0.39, 0.29) is 5.91 Å². The Morgan fingerprint density at radius 2 is 2.20 bits per heavy atom. The second-order valence-electron chi connectivity index (χ2n) is 1.60. The molecule has 2 heteroatoms. The van der Waals surface area contributed by atoms with Gasteiger partial charge in [0.05, 0.1) is 0 Å². The number of nitrogens with one attached hydrogen (secondary N) is 1. The lowest BCUT2D eigenvalue weighted by atomic mass is 10.5. The Labute approximate surface area is 60.9 Å². The molecule has 0 radical (unpaired) electrons. The lowest BCUT2D eigenvalue weighted by Crippen LogP contribution is -2.12. The predicted molar refractivity (Wildman–Crippen MR) is 42.3 cm³/mol. The first-order valence-corrected chi connectivity index (χ1v) is 3.02. The van der Waals surface area contributed by atoms with Gasteiger partial charge in [-0.25, -0.2) is 0 Å². The van der Waals surface area contributed by atoms with E-state index in [1.54, 1.807) is 12.3 Å². The summed E-state index contributed by atoms with van der Waals surface area (Å²) in [4.78, 5) is 10.5. The minimum atomic E-state index is -0.194. The van der Waals surface area contributed by atoms with Gasteiger partial charge in [0.15, 0.2) is 0 Å². The highest BCUT2D eigenvalue weighted by atomic mass is 16.1. The van der Waals surface area contributed by atoms with Crippen LogP contribution in [0.3, 0.4) is 0 Å². The zero-order valence-electron chi connectivity index (χ0n) is 6.00. The van der Waals surface area contributed by atoms with Crippen molar-refractivity contribution < 1.29 is 4.79 Å². The van der Waals surface area contributed by atoms with Crippen LogP contribution in [0.15, 0.2) is 37.1 Å². The van der Waals surface area contributed by atoms with E-state index in [1.165, 1.54) is 6.08 Å². The van der Waals surface area contributed by atoms with Crippen LogP contribution in [0.5, 0.6) is 0 Å². The van der Waals surface area contributed by atoms with Crippen LogP contribution < -0.4 is 5.32 Å². The van der Waals surface area contributed by atoms with Gasteiger partial charge in [0.1, 0.15) is 0 Å². The van der Waals surface area contributed by atoms with Gasteiger partial charge in [0.2, 0.25) is 5.91 Å². The minimum absolute atomic E-state index is 0.194. The molecule has 0 aliphatic heterocycles. The number of allylic oxidation sites excluding steroid dienone is 3. The molecule has 54 valence electrons. The van der Waals surface area contributed by atoms with E-state index in [9.17, 15) is 4.79 Å². The van der Waals surface area contributed by atoms with Crippen molar-refractivity contribution in [2.45, 2.75) is 6.92 Å². The lowest BCUT2D eigenvalue weighted by Gasteiger charge is -1.87. The average molecular weight is 137 g/mol. The van der Waals surface area contributed by atoms with E-state index in [0.717, 1.165) is 0 Å². The topological polar surface area (TPSA) is 29.1 Å². The van der Waals surface area contributed by atoms with Crippen LogP contribution in [0.4, 0.5) is 0 Å². The Bertz CT molecular complexity index is 168. The van der Waals surface area contributed by atoms with Crippen molar-refractivity contribution in [1.29, 1.82) is 0 Å². The predicted octanol–water partition coefficient (Wildman–Crippen LogP) is 1.38. The summed E-state index contributed by atoms with van der Waals surface area (Å²) >= 11 is 0. The maximum atomic E-state index is 10.5. The molecular weight excluding hydrogens is 126 g/mol. The highest BCUT2D eigenvalue weighted by molar-refractivity contribution is 5.87. The van der Waals surface area contributed by atoms with Crippen LogP contribution >= 0.6 is 0 Å². The molecule has 0 aliphatic rings. The smallest absolute Gasteiger partial charge is 0.247 e. The van der Waals surface area contributed by atoms with Crippen LogP contribution in [0.1, 0.15) is 6.92 Å². The van der Waals surface area contributed by atoms with Gasteiger partial charge in [-0.2, -0.15) is 0 Å². The summed E-state index contributed by atoms with van der Waals surface area (Å²) in [7, 11) is 0. The molecule has 0 spiro atoms. The van der Waals surface area contributed by atoms with Crippen molar-refractivity contribution in [3.63, 3.8) is 0 Å². The van der Waals surface area contributed by atoms with E-state index in [0.29, 0.717) is 0 Å². The first-order valence-electron chi connectivity index (χ1n) is 3.02. The molecule has 10 heavy (non-hydrogen) atoms. The SMILES string of the molecule is C=CC(=O)NC=CC=CC. The Hall–Kier alpha value is -1.31. The van der Waals surface area contributed by atoms with Crippen molar-refractivity contribution in [3.8, 4) is 0 Å². The Kier molecular flexibility index (Phi) is 5.06. The molecule has 0 aliphatic carbocycles. The summed E-state index contributed by atoms with van der Waals surface area (Å²) in [6.45, 7) is 5.20. The lowest BCUT2D eigenvalue weighted by molar-refractivity contribution is -0.115. The Balaban J connectivity index is 3.52. The van der Waals surface area contributed by atoms with Crippen molar-refractivity contribution >= 4 is 5.91 Å². The molecule has 0 aromatic heterocycles. The van der Waals surface area contributed by atoms with Crippen LogP contribution in [0, 0.1) is 0 Å². The van der Waals surface area contributed by atoms with Crippen LogP contribution in [-0.2, 0) is 4.79 Å². The van der Waals surface area contributed by atoms with Gasteiger partial charge in [-0.05, 0) is 19.1 Å². The van der Waals surface area contributed by atoms with Crippen LogP contribution in [-0.4, -0.2) is 5.91 Å². The standard InChI is InChI=1S/C8H11NO/c1-3-5-6-7-9-8(10)4-2/h3-7H,2H2,1H3,(H,9,10). The zero-order chi connectivity index (χ0) is 7.82. The molecule has 0 atom stereocenters. The van der Waals surface area contributed by atoms with Gasteiger partial charge in [0.25, 0.3) is 0 Å². The van der Waals surface area contributed by atoms with Crippen molar-refractivity contribution in [3.05, 3.63) is 37.1 Å². The van der Waals surface area contributed by atoms with E-state index >= 15 is 0 Å². The number of carbonyl (C=O) groups is 1. The first kappa shape index (κ1) is 8.69. The molecule has 0 aromatic carbocycles. The normalized spacial score (nSPS) is 10.5. The zero-order valence-corrected chi connectivity index (χ0v) is 6.00. The van der Waals surface area contributed by atoms with Gasteiger partial charge in [0, 0.05) is 6.20 Å². The third-order valence-electron chi connectivity index (χ3n) is 0.811. The van der Waals surface area contributed by atoms with Gasteiger partial charge >= 0.3 is 0 Å². The van der Waals surface area contributed by atoms with E-state index in [4.69, 9.17) is 0 Å². The molecule has 0 bridgehead atoms. The Morgan fingerprint density at radius 3 is 2.70 bits per heavy atom. The quantitative estimate of drug-likeness (QED) is 0.462. The van der Waals surface area contributed by atoms with Crippen molar-refractivity contribution in [1.82, 2.24) is 5.32 Å². The fourth-order valence-corrected chi connectivity index (χ4v) is 0.356. The third-order valence-corrected chi connectivity index (χ3v) is 0.811.